The van der Waals surface area contributed by atoms with Crippen molar-refractivity contribution in [3.8, 4) is 17.2 Å². The Hall–Kier alpha value is -3.88. The number of pyridine rings is 1. The molecule has 3 aromatic rings. The molecule has 1 N–H and O–H groups in total. The van der Waals surface area contributed by atoms with Gasteiger partial charge in [-0.1, -0.05) is 35.5 Å². The number of nitrogens with one attached hydrogen (secondary N) is 1. The van der Waals surface area contributed by atoms with Crippen LogP contribution >= 0.6 is 0 Å². The summed E-state index contributed by atoms with van der Waals surface area (Å²) in [6.45, 7) is 6.26. The number of esters is 1. The van der Waals surface area contributed by atoms with Gasteiger partial charge < -0.3 is 24.1 Å². The van der Waals surface area contributed by atoms with Crippen LogP contribution in [0.4, 0.5) is 4.79 Å². The van der Waals surface area contributed by atoms with Crippen molar-refractivity contribution in [1.82, 2.24) is 15.5 Å². The second-order valence-electron chi connectivity index (χ2n) is 9.13. The van der Waals surface area contributed by atoms with Crippen LogP contribution in [-0.4, -0.2) is 34.9 Å². The zero-order valence-corrected chi connectivity index (χ0v) is 21.5. The van der Waals surface area contributed by atoms with Gasteiger partial charge in [0.2, 0.25) is 0 Å². The molecule has 1 saturated carbocycles. The monoisotopic (exact) mass is 507 g/mol. The second kappa shape index (κ2) is 12.4. The highest BCUT2D eigenvalue weighted by molar-refractivity contribution is 5.72. The number of hydrogen-bond donors (Lipinski definition) is 1. The van der Waals surface area contributed by atoms with Gasteiger partial charge >= 0.3 is 12.1 Å². The highest BCUT2D eigenvalue weighted by Crippen LogP contribution is 2.32. The summed E-state index contributed by atoms with van der Waals surface area (Å²) in [7, 11) is 0. The summed E-state index contributed by atoms with van der Waals surface area (Å²) in [5.41, 5.74) is 3.58. The molecule has 9 heteroatoms. The summed E-state index contributed by atoms with van der Waals surface area (Å²) in [5, 5.41) is 6.83. The molecule has 0 radical (unpaired) electrons. The molecule has 1 aliphatic carbocycles. The molecule has 0 saturated heterocycles. The average molecular weight is 508 g/mol. The molecule has 2 aromatic heterocycles. The maximum absolute atomic E-state index is 12.2. The first-order valence-corrected chi connectivity index (χ1v) is 12.7. The predicted molar refractivity (Wildman–Crippen MR) is 136 cm³/mol. The minimum atomic E-state index is -0.531. The van der Waals surface area contributed by atoms with Crippen LogP contribution in [0.1, 0.15) is 55.1 Å². The van der Waals surface area contributed by atoms with E-state index in [9.17, 15) is 9.59 Å². The van der Waals surface area contributed by atoms with E-state index in [2.05, 4.69) is 15.5 Å². The van der Waals surface area contributed by atoms with Gasteiger partial charge in [0.25, 0.3) is 0 Å². The van der Waals surface area contributed by atoms with Gasteiger partial charge in [-0.25, -0.2) is 9.78 Å². The van der Waals surface area contributed by atoms with E-state index in [0.29, 0.717) is 41.6 Å². The smallest absolute Gasteiger partial charge is 0.407 e. The predicted octanol–water partition coefficient (Wildman–Crippen LogP) is 5.28. The van der Waals surface area contributed by atoms with Crippen LogP contribution in [0.2, 0.25) is 0 Å². The van der Waals surface area contributed by atoms with E-state index in [1.54, 1.807) is 0 Å². The molecule has 1 aromatic carbocycles. The Bertz CT molecular complexity index is 1210. The van der Waals surface area contributed by atoms with Crippen LogP contribution in [0.3, 0.4) is 0 Å². The Morgan fingerprint density at radius 2 is 1.86 bits per heavy atom. The van der Waals surface area contributed by atoms with Crippen molar-refractivity contribution in [2.45, 2.75) is 65.7 Å². The van der Waals surface area contributed by atoms with Crippen LogP contribution < -0.4 is 10.1 Å². The summed E-state index contributed by atoms with van der Waals surface area (Å²) in [6.07, 6.45) is 2.67. The number of rotatable bonds is 9. The number of aryl methyl sites for hydroxylation is 2. The lowest BCUT2D eigenvalue weighted by atomic mass is 9.87. The van der Waals surface area contributed by atoms with Crippen molar-refractivity contribution < 1.29 is 28.3 Å². The van der Waals surface area contributed by atoms with Gasteiger partial charge in [0.15, 0.2) is 5.76 Å². The third kappa shape index (κ3) is 6.87. The average Bonchev–Trinajstić information content (AvgIpc) is 3.28. The summed E-state index contributed by atoms with van der Waals surface area (Å²) < 4.78 is 22.3. The molecule has 0 bridgehead atoms. The third-order valence-corrected chi connectivity index (χ3v) is 6.42. The number of ether oxygens (including phenoxy) is 3. The topological polar surface area (TPSA) is 113 Å². The van der Waals surface area contributed by atoms with Crippen molar-refractivity contribution in [3.05, 3.63) is 65.0 Å². The minimum Gasteiger partial charge on any atom is -0.489 e. The van der Waals surface area contributed by atoms with Gasteiger partial charge in [0.05, 0.1) is 36.6 Å². The van der Waals surface area contributed by atoms with Crippen LogP contribution in [0.25, 0.3) is 11.5 Å². The summed E-state index contributed by atoms with van der Waals surface area (Å²) >= 11 is 0. The molecule has 9 nitrogen and oxygen atoms in total. The van der Waals surface area contributed by atoms with Crippen LogP contribution in [0.15, 0.2) is 47.0 Å². The molecular weight excluding hydrogens is 474 g/mol. The summed E-state index contributed by atoms with van der Waals surface area (Å²) in [4.78, 5) is 29.0. The van der Waals surface area contributed by atoms with Gasteiger partial charge in [0, 0.05) is 5.56 Å². The molecule has 1 fully saturated rings. The van der Waals surface area contributed by atoms with Crippen LogP contribution in [-0.2, 0) is 27.4 Å². The molecule has 1 aliphatic rings. The first-order chi connectivity index (χ1) is 17.9. The second-order valence-corrected chi connectivity index (χ2v) is 9.13. The van der Waals surface area contributed by atoms with E-state index in [4.69, 9.17) is 18.7 Å². The number of alkyl carbamates (subject to hydrolysis) is 1. The third-order valence-electron chi connectivity index (χ3n) is 6.42. The lowest BCUT2D eigenvalue weighted by Crippen LogP contribution is -2.31. The Kier molecular flexibility index (Phi) is 8.77. The number of hydrogen-bond acceptors (Lipinski definition) is 8. The summed E-state index contributed by atoms with van der Waals surface area (Å²) in [6, 6.07) is 13.1. The van der Waals surface area contributed by atoms with Gasteiger partial charge in [0.1, 0.15) is 18.1 Å². The zero-order valence-electron chi connectivity index (χ0n) is 21.5. The Morgan fingerprint density at radius 1 is 1.05 bits per heavy atom. The fraction of sp³-hybridized carbons (Fsp3) is 0.429. The minimum absolute atomic E-state index is 0.0660. The Labute approximate surface area is 216 Å². The lowest BCUT2D eigenvalue weighted by Gasteiger charge is -2.28. The van der Waals surface area contributed by atoms with E-state index >= 15 is 0 Å². The van der Waals surface area contributed by atoms with Gasteiger partial charge in [-0.2, -0.15) is 0 Å². The maximum atomic E-state index is 12.2. The molecular formula is C28H33N3O6. The number of nitrogens with zero attached hydrogens (tertiary/aromatic N) is 2. The van der Waals surface area contributed by atoms with E-state index in [-0.39, 0.29) is 31.1 Å². The number of amides is 1. The van der Waals surface area contributed by atoms with E-state index in [0.717, 1.165) is 30.4 Å². The zero-order chi connectivity index (χ0) is 26.2. The quantitative estimate of drug-likeness (QED) is 0.389. The van der Waals surface area contributed by atoms with E-state index < -0.39 is 6.09 Å². The molecule has 0 unspecified atom stereocenters. The molecule has 1 amide bonds. The van der Waals surface area contributed by atoms with Gasteiger partial charge in [-0.3, -0.25) is 4.79 Å². The van der Waals surface area contributed by atoms with E-state index in [1.165, 1.54) is 0 Å². The lowest BCUT2D eigenvalue weighted by molar-refractivity contribution is -0.150. The highest BCUT2D eigenvalue weighted by Gasteiger charge is 2.30. The van der Waals surface area contributed by atoms with Gasteiger partial charge in [-0.15, -0.1) is 0 Å². The van der Waals surface area contributed by atoms with Crippen molar-refractivity contribution in [3.63, 3.8) is 0 Å². The standard InChI is InChI=1S/C28H33N3O6/c1-4-34-27(32)21-11-8-12-22(15-21)36-25-14-13-24(30-19(25)3)26-23(18(2)31-37-26)16-29-28(33)35-17-20-9-6-5-7-10-20/h5-7,9-10,13-14,21-22H,4,8,11-12,15-17H2,1-3H3,(H,29,33)/t21-,22-/m0/s1. The molecule has 0 spiro atoms. The van der Waals surface area contributed by atoms with E-state index in [1.807, 2.05) is 63.2 Å². The normalized spacial score (nSPS) is 17.2. The first kappa shape index (κ1) is 26.2. The maximum Gasteiger partial charge on any atom is 0.407 e. The summed E-state index contributed by atoms with van der Waals surface area (Å²) in [5.74, 6) is 0.874. The van der Waals surface area contributed by atoms with Crippen LogP contribution in [0.5, 0.6) is 5.75 Å². The SMILES string of the molecule is CCOC(=O)[C@H]1CCC[C@H](Oc2ccc(-c3onc(C)c3CNC(=O)OCc3ccccc3)nc2C)C1. The number of benzene rings is 1. The number of carbonyl (C=O) groups is 2. The van der Waals surface area contributed by atoms with Crippen molar-refractivity contribution in [2.24, 2.45) is 5.92 Å². The van der Waals surface area contributed by atoms with Crippen molar-refractivity contribution in [2.75, 3.05) is 6.61 Å². The largest absolute Gasteiger partial charge is 0.489 e. The fourth-order valence-corrected chi connectivity index (χ4v) is 4.44. The number of carbonyl (C=O) groups excluding carboxylic acids is 2. The fourth-order valence-electron chi connectivity index (χ4n) is 4.44. The number of aromatic nitrogens is 2. The molecule has 2 atom stereocenters. The molecule has 196 valence electrons. The molecule has 37 heavy (non-hydrogen) atoms. The van der Waals surface area contributed by atoms with Crippen LogP contribution in [0, 0.1) is 19.8 Å². The first-order valence-electron chi connectivity index (χ1n) is 12.7. The van der Waals surface area contributed by atoms with Crippen molar-refractivity contribution >= 4 is 12.1 Å². The van der Waals surface area contributed by atoms with Gasteiger partial charge in [-0.05, 0) is 64.2 Å². The van der Waals surface area contributed by atoms with Crippen molar-refractivity contribution in [1.29, 1.82) is 0 Å². The Morgan fingerprint density at radius 3 is 2.62 bits per heavy atom. The highest BCUT2D eigenvalue weighted by atomic mass is 16.5. The molecule has 0 aliphatic heterocycles. The molecule has 4 rings (SSSR count). The Balaban J connectivity index is 1.37. The molecule has 2 heterocycles.